The number of hydrogen-bond donors (Lipinski definition) is 0. The molecule has 0 aliphatic heterocycles. The highest BCUT2D eigenvalue weighted by atomic mass is 35.5. The summed E-state index contributed by atoms with van der Waals surface area (Å²) in [6, 6.07) is 0. The van der Waals surface area contributed by atoms with E-state index >= 15 is 0 Å². The van der Waals surface area contributed by atoms with E-state index in [0.29, 0.717) is 6.29 Å². The van der Waals surface area contributed by atoms with Crippen LogP contribution in [-0.2, 0) is 14.3 Å². The molecular formula is C8H17ClO3. The number of alkyl halides is 1. The second-order valence-electron chi connectivity index (χ2n) is 1.80. The monoisotopic (exact) mass is 196 g/mol. The first-order valence-corrected chi connectivity index (χ1v) is 4.49. The smallest absolute Gasteiger partial charge is 0.154 e. The van der Waals surface area contributed by atoms with Crippen LogP contribution in [0.2, 0.25) is 0 Å². The highest BCUT2D eigenvalue weighted by Gasteiger charge is 1.94. The van der Waals surface area contributed by atoms with Crippen LogP contribution in [0.4, 0.5) is 0 Å². The largest absolute Gasteiger partial charge is 0.353 e. The summed E-state index contributed by atoms with van der Waals surface area (Å²) in [5.41, 5.74) is 0. The molecule has 0 rings (SSSR count). The summed E-state index contributed by atoms with van der Waals surface area (Å²) in [6.45, 7) is 7.25. The van der Waals surface area contributed by atoms with E-state index in [1.807, 2.05) is 20.8 Å². The Morgan fingerprint density at radius 3 is 1.83 bits per heavy atom. The molecule has 0 unspecified atom stereocenters. The van der Waals surface area contributed by atoms with E-state index < -0.39 is 0 Å². The molecule has 0 spiro atoms. The van der Waals surface area contributed by atoms with Gasteiger partial charge in [0, 0.05) is 13.2 Å². The molecule has 0 fully saturated rings. The molecule has 0 radical (unpaired) electrons. The third kappa shape index (κ3) is 16.5. The van der Waals surface area contributed by atoms with Crippen LogP contribution in [0.3, 0.4) is 0 Å². The fraction of sp³-hybridized carbons (Fsp3) is 0.875. The minimum Gasteiger partial charge on any atom is -0.353 e. The minimum atomic E-state index is -0.0370. The van der Waals surface area contributed by atoms with Crippen molar-refractivity contribution in [3.8, 4) is 0 Å². The van der Waals surface area contributed by atoms with Crippen molar-refractivity contribution in [2.45, 2.75) is 27.1 Å². The summed E-state index contributed by atoms with van der Waals surface area (Å²) in [4.78, 5) is 9.04. The van der Waals surface area contributed by atoms with Gasteiger partial charge in [-0.25, -0.2) is 0 Å². The molecule has 0 saturated carbocycles. The van der Waals surface area contributed by atoms with Gasteiger partial charge < -0.3 is 14.3 Å². The maximum Gasteiger partial charge on any atom is 0.154 e. The molecule has 0 amide bonds. The van der Waals surface area contributed by atoms with Crippen LogP contribution in [-0.4, -0.2) is 31.7 Å². The second kappa shape index (κ2) is 13.5. The van der Waals surface area contributed by atoms with Gasteiger partial charge in [-0.15, -0.1) is 11.6 Å². The molecule has 0 atom stereocenters. The zero-order valence-electron chi connectivity index (χ0n) is 7.88. The number of carbonyl (C=O) groups excluding carboxylic acids is 1. The fourth-order valence-corrected chi connectivity index (χ4v) is 0.518. The van der Waals surface area contributed by atoms with Crippen LogP contribution in [0.1, 0.15) is 20.8 Å². The molecular weight excluding hydrogens is 180 g/mol. The summed E-state index contributed by atoms with van der Waals surface area (Å²) < 4.78 is 10.1. The zero-order chi connectivity index (χ0) is 9.82. The number of hydrogen-bond acceptors (Lipinski definition) is 3. The topological polar surface area (TPSA) is 35.5 Å². The Balaban J connectivity index is 0. The molecule has 0 aromatic rings. The zero-order valence-corrected chi connectivity index (χ0v) is 8.63. The Kier molecular flexibility index (Phi) is 16.2. The lowest BCUT2D eigenvalue weighted by Gasteiger charge is -2.09. The third-order valence-electron chi connectivity index (χ3n) is 0.866. The van der Waals surface area contributed by atoms with Crippen LogP contribution < -0.4 is 0 Å². The van der Waals surface area contributed by atoms with Crippen LogP contribution >= 0.6 is 11.6 Å². The molecule has 74 valence electrons. The van der Waals surface area contributed by atoms with Crippen molar-refractivity contribution in [1.82, 2.24) is 0 Å². The number of aldehydes is 1. The van der Waals surface area contributed by atoms with E-state index in [1.54, 1.807) is 0 Å². The maximum atomic E-state index is 9.04. The van der Waals surface area contributed by atoms with Crippen molar-refractivity contribution in [2.75, 3.05) is 19.1 Å². The molecule has 4 heteroatoms. The average molecular weight is 197 g/mol. The van der Waals surface area contributed by atoms with Gasteiger partial charge in [-0.1, -0.05) is 0 Å². The molecule has 3 nitrogen and oxygen atoms in total. The standard InChI is InChI=1S/C6H14O2.C2H3ClO/c1-4-7-6(3)8-5-2;3-1-2-4/h6H,4-5H2,1-3H3;2H,1H2. The first kappa shape index (κ1) is 14.4. The SMILES string of the molecule is CCOC(C)OCC.O=CCCl. The first-order valence-electron chi connectivity index (χ1n) is 3.95. The van der Waals surface area contributed by atoms with Crippen LogP contribution in [0, 0.1) is 0 Å². The fourth-order valence-electron chi connectivity index (χ4n) is 0.518. The molecule has 12 heavy (non-hydrogen) atoms. The molecule has 0 aliphatic rings. The number of halogens is 1. The van der Waals surface area contributed by atoms with Gasteiger partial charge in [-0.05, 0) is 20.8 Å². The summed E-state index contributed by atoms with van der Waals surface area (Å²) in [6.07, 6.45) is 0.603. The Morgan fingerprint density at radius 1 is 1.33 bits per heavy atom. The lowest BCUT2D eigenvalue weighted by molar-refractivity contribution is -0.123. The summed E-state index contributed by atoms with van der Waals surface area (Å²) in [5.74, 6) is 0.111. The van der Waals surface area contributed by atoms with Gasteiger partial charge >= 0.3 is 0 Å². The Hall–Kier alpha value is -0.120. The van der Waals surface area contributed by atoms with E-state index in [9.17, 15) is 0 Å². The molecule has 0 saturated heterocycles. The second-order valence-corrected chi connectivity index (χ2v) is 2.11. The Labute approximate surface area is 79.0 Å². The minimum absolute atomic E-state index is 0.0370. The van der Waals surface area contributed by atoms with Gasteiger partial charge in [0.1, 0.15) is 6.29 Å². The van der Waals surface area contributed by atoms with Gasteiger partial charge in [0.2, 0.25) is 0 Å². The van der Waals surface area contributed by atoms with E-state index in [1.165, 1.54) is 0 Å². The Morgan fingerprint density at radius 2 is 1.67 bits per heavy atom. The van der Waals surface area contributed by atoms with Crippen molar-refractivity contribution >= 4 is 17.9 Å². The van der Waals surface area contributed by atoms with Crippen molar-refractivity contribution in [3.63, 3.8) is 0 Å². The highest BCUT2D eigenvalue weighted by molar-refractivity contribution is 6.24. The normalized spacial score (nSPS) is 9.08. The molecule has 0 aromatic heterocycles. The Bertz CT molecular complexity index is 82.4. The van der Waals surface area contributed by atoms with Crippen LogP contribution in [0.25, 0.3) is 0 Å². The molecule has 0 heterocycles. The quantitative estimate of drug-likeness (QED) is 0.382. The van der Waals surface area contributed by atoms with E-state index in [4.69, 9.17) is 25.9 Å². The van der Waals surface area contributed by atoms with E-state index in [-0.39, 0.29) is 12.2 Å². The highest BCUT2D eigenvalue weighted by Crippen LogP contribution is 1.90. The van der Waals surface area contributed by atoms with Gasteiger partial charge in [0.25, 0.3) is 0 Å². The summed E-state index contributed by atoms with van der Waals surface area (Å²) >= 11 is 4.82. The summed E-state index contributed by atoms with van der Waals surface area (Å²) in [7, 11) is 0. The van der Waals surface area contributed by atoms with Crippen LogP contribution in [0.5, 0.6) is 0 Å². The predicted molar refractivity (Wildman–Crippen MR) is 49.5 cm³/mol. The molecule has 0 aromatic carbocycles. The van der Waals surface area contributed by atoms with Gasteiger partial charge in [0.15, 0.2) is 6.29 Å². The van der Waals surface area contributed by atoms with Crippen molar-refractivity contribution in [2.24, 2.45) is 0 Å². The van der Waals surface area contributed by atoms with Crippen molar-refractivity contribution < 1.29 is 14.3 Å². The summed E-state index contributed by atoms with van der Waals surface area (Å²) in [5, 5.41) is 0. The predicted octanol–water partition coefficient (Wildman–Crippen LogP) is 1.83. The van der Waals surface area contributed by atoms with Crippen molar-refractivity contribution in [1.29, 1.82) is 0 Å². The maximum absolute atomic E-state index is 9.04. The lowest BCUT2D eigenvalue weighted by atomic mass is 10.7. The number of ether oxygens (including phenoxy) is 2. The van der Waals surface area contributed by atoms with Crippen molar-refractivity contribution in [3.05, 3.63) is 0 Å². The average Bonchev–Trinajstić information content (AvgIpc) is 2.06. The number of carbonyl (C=O) groups is 1. The van der Waals surface area contributed by atoms with Gasteiger partial charge in [0.05, 0.1) is 5.88 Å². The number of rotatable bonds is 5. The molecule has 0 aliphatic carbocycles. The third-order valence-corrected chi connectivity index (χ3v) is 0.992. The first-order chi connectivity index (χ1) is 5.72. The van der Waals surface area contributed by atoms with E-state index in [2.05, 4.69) is 0 Å². The van der Waals surface area contributed by atoms with E-state index in [0.717, 1.165) is 13.2 Å². The lowest BCUT2D eigenvalue weighted by Crippen LogP contribution is -2.11. The molecule has 0 bridgehead atoms. The van der Waals surface area contributed by atoms with Gasteiger partial charge in [-0.3, -0.25) is 0 Å². The van der Waals surface area contributed by atoms with Crippen LogP contribution in [0.15, 0.2) is 0 Å². The van der Waals surface area contributed by atoms with Gasteiger partial charge in [-0.2, -0.15) is 0 Å². The molecule has 0 N–H and O–H groups in total.